The largest absolute Gasteiger partial charge is 0.368 e. The quantitative estimate of drug-likeness (QED) is 0.750. The monoisotopic (exact) mass is 430 g/mol. The number of primary amides is 1. The van der Waals surface area contributed by atoms with E-state index < -0.39 is 11.4 Å². The molecule has 3 amide bonds. The highest BCUT2D eigenvalue weighted by Gasteiger charge is 2.44. The fourth-order valence-electron chi connectivity index (χ4n) is 3.45. The van der Waals surface area contributed by atoms with Crippen LogP contribution in [0.15, 0.2) is 12.3 Å². The molecule has 1 fully saturated rings. The molecule has 3 rings (SSSR count). The number of carbonyl (C=O) groups is 2. The van der Waals surface area contributed by atoms with Crippen LogP contribution in [0.25, 0.3) is 10.6 Å². The highest BCUT2D eigenvalue weighted by atomic mass is 32.1. The van der Waals surface area contributed by atoms with Crippen molar-refractivity contribution >= 4 is 28.4 Å². The van der Waals surface area contributed by atoms with Crippen LogP contribution in [0.2, 0.25) is 0 Å². The molecule has 162 valence electrons. The zero-order valence-electron chi connectivity index (χ0n) is 18.4. The van der Waals surface area contributed by atoms with Crippen molar-refractivity contribution < 1.29 is 9.59 Å². The average molecular weight is 431 g/mol. The van der Waals surface area contributed by atoms with Crippen molar-refractivity contribution in [2.45, 2.75) is 65.3 Å². The molecular weight excluding hydrogens is 400 g/mol. The van der Waals surface area contributed by atoms with Gasteiger partial charge in [0.25, 0.3) is 0 Å². The number of urea groups is 1. The summed E-state index contributed by atoms with van der Waals surface area (Å²) >= 11 is 1.36. The lowest BCUT2D eigenvalue weighted by atomic mass is 9.80. The molecule has 2 aromatic rings. The summed E-state index contributed by atoms with van der Waals surface area (Å²) in [5.74, 6) is 0.667. The Hall–Kier alpha value is -2.55. The van der Waals surface area contributed by atoms with E-state index in [9.17, 15) is 9.59 Å². The van der Waals surface area contributed by atoms with E-state index in [-0.39, 0.29) is 11.4 Å². The number of hydrogen-bond acceptors (Lipinski definition) is 6. The third kappa shape index (κ3) is 3.90. The molecule has 1 saturated heterocycles. The molecule has 3 N–H and O–H groups in total. The molecule has 8 nitrogen and oxygen atoms in total. The zero-order valence-corrected chi connectivity index (χ0v) is 19.3. The molecule has 1 aliphatic rings. The smallest absolute Gasteiger partial charge is 0.324 e. The summed E-state index contributed by atoms with van der Waals surface area (Å²) in [6.07, 6.45) is 3.07. The number of rotatable bonds is 5. The Morgan fingerprint density at radius 3 is 2.67 bits per heavy atom. The van der Waals surface area contributed by atoms with E-state index in [0.29, 0.717) is 24.0 Å². The Labute approximate surface area is 181 Å². The molecule has 3 heterocycles. The van der Waals surface area contributed by atoms with Gasteiger partial charge < -0.3 is 10.6 Å². The second-order valence-corrected chi connectivity index (χ2v) is 9.90. The number of nitrogens with two attached hydrogens (primary N) is 1. The fraction of sp³-hybridized carbons (Fsp3) is 0.571. The molecule has 0 bridgehead atoms. The standard InChI is InChI=1S/C21H30N6O2S/c1-12(2)20(4,5)17-23-10-8-14(25-17)15-13(3)24-18(30-15)26-19(29)27-11-7-9-21(27,6)16(22)28/h8,10,12H,7,9,11H2,1-6H3,(H2,22,28)(H,24,26,29)/t21-/m0/s1. The van der Waals surface area contributed by atoms with Gasteiger partial charge in [0.2, 0.25) is 5.91 Å². The molecule has 0 spiro atoms. The number of aryl methyl sites for hydroxylation is 1. The predicted octanol–water partition coefficient (Wildman–Crippen LogP) is 3.71. The molecule has 0 saturated carbocycles. The van der Waals surface area contributed by atoms with Gasteiger partial charge >= 0.3 is 6.03 Å². The average Bonchev–Trinajstić information content (AvgIpc) is 3.25. The summed E-state index contributed by atoms with van der Waals surface area (Å²) in [6, 6.07) is 1.50. The van der Waals surface area contributed by atoms with Crippen LogP contribution in [0.3, 0.4) is 0 Å². The lowest BCUT2D eigenvalue weighted by Crippen LogP contribution is -2.55. The number of hydrogen-bond donors (Lipinski definition) is 2. The SMILES string of the molecule is Cc1nc(NC(=O)N2CCC[C@@]2(C)C(N)=O)sc1-c1ccnc(C(C)(C)C(C)C)n1. The zero-order chi connectivity index (χ0) is 22.3. The van der Waals surface area contributed by atoms with E-state index in [4.69, 9.17) is 10.7 Å². The maximum absolute atomic E-state index is 12.8. The lowest BCUT2D eigenvalue weighted by Gasteiger charge is -2.31. The van der Waals surface area contributed by atoms with Crippen LogP contribution in [0.5, 0.6) is 0 Å². The highest BCUT2D eigenvalue weighted by molar-refractivity contribution is 7.19. The van der Waals surface area contributed by atoms with Crippen LogP contribution in [-0.4, -0.2) is 43.9 Å². The maximum atomic E-state index is 12.8. The van der Waals surface area contributed by atoms with Crippen molar-refractivity contribution in [2.24, 2.45) is 11.7 Å². The first kappa shape index (κ1) is 22.1. The van der Waals surface area contributed by atoms with Crippen molar-refractivity contribution in [2.75, 3.05) is 11.9 Å². The van der Waals surface area contributed by atoms with Crippen LogP contribution in [0, 0.1) is 12.8 Å². The number of anilines is 1. The number of thiazole rings is 1. The van der Waals surface area contributed by atoms with Gasteiger partial charge in [-0.05, 0) is 38.7 Å². The minimum atomic E-state index is -0.969. The number of nitrogens with zero attached hydrogens (tertiary/aromatic N) is 4. The van der Waals surface area contributed by atoms with Gasteiger partial charge in [0.15, 0.2) is 5.13 Å². The number of likely N-dealkylation sites (tertiary alicyclic amines) is 1. The van der Waals surface area contributed by atoms with E-state index in [1.807, 2.05) is 13.0 Å². The third-order valence-corrected chi connectivity index (χ3v) is 7.43. The third-order valence-electron chi connectivity index (χ3n) is 6.34. The van der Waals surface area contributed by atoms with E-state index in [1.54, 1.807) is 13.1 Å². The molecule has 30 heavy (non-hydrogen) atoms. The van der Waals surface area contributed by atoms with E-state index in [0.717, 1.165) is 28.5 Å². The minimum Gasteiger partial charge on any atom is -0.368 e. The van der Waals surface area contributed by atoms with Crippen molar-refractivity contribution in [3.05, 3.63) is 23.8 Å². The summed E-state index contributed by atoms with van der Waals surface area (Å²) in [4.78, 5) is 40.8. The van der Waals surface area contributed by atoms with Gasteiger partial charge in [-0.1, -0.05) is 39.0 Å². The van der Waals surface area contributed by atoms with Gasteiger partial charge in [-0.3, -0.25) is 10.1 Å². The highest BCUT2D eigenvalue weighted by Crippen LogP contribution is 2.35. The normalized spacial score (nSPS) is 19.4. The summed E-state index contributed by atoms with van der Waals surface area (Å²) in [7, 11) is 0. The van der Waals surface area contributed by atoms with E-state index in [1.165, 1.54) is 16.2 Å². The molecule has 9 heteroatoms. The van der Waals surface area contributed by atoms with Crippen molar-refractivity contribution in [3.8, 4) is 10.6 Å². The molecule has 0 unspecified atom stereocenters. The first-order valence-corrected chi connectivity index (χ1v) is 11.0. The van der Waals surface area contributed by atoms with Gasteiger partial charge in [-0.15, -0.1) is 0 Å². The second-order valence-electron chi connectivity index (χ2n) is 8.90. The summed E-state index contributed by atoms with van der Waals surface area (Å²) in [5, 5.41) is 3.30. The predicted molar refractivity (Wildman–Crippen MR) is 118 cm³/mol. The maximum Gasteiger partial charge on any atom is 0.324 e. The molecule has 1 atom stereocenters. The Bertz CT molecular complexity index is 970. The molecule has 0 aromatic carbocycles. The summed E-state index contributed by atoms with van der Waals surface area (Å²) < 4.78 is 0. The van der Waals surface area contributed by atoms with Gasteiger partial charge in [-0.2, -0.15) is 0 Å². The van der Waals surface area contributed by atoms with Gasteiger partial charge in [0.05, 0.1) is 16.3 Å². The summed E-state index contributed by atoms with van der Waals surface area (Å²) in [5.41, 5.74) is 5.97. The van der Waals surface area contributed by atoms with Crippen LogP contribution >= 0.6 is 11.3 Å². The minimum absolute atomic E-state index is 0.166. The number of aromatic nitrogens is 3. The molecule has 0 aliphatic carbocycles. The van der Waals surface area contributed by atoms with Crippen LogP contribution < -0.4 is 11.1 Å². The van der Waals surface area contributed by atoms with Crippen molar-refractivity contribution in [3.63, 3.8) is 0 Å². The number of carbonyl (C=O) groups excluding carboxylic acids is 2. The number of nitrogens with one attached hydrogen (secondary N) is 1. The fourth-order valence-corrected chi connectivity index (χ4v) is 4.37. The number of amides is 3. The van der Waals surface area contributed by atoms with Crippen molar-refractivity contribution in [1.29, 1.82) is 0 Å². The lowest BCUT2D eigenvalue weighted by molar-refractivity contribution is -0.126. The molecular formula is C21H30N6O2S. The first-order chi connectivity index (χ1) is 14.0. The second kappa shape index (κ2) is 7.94. The van der Waals surface area contributed by atoms with Gasteiger partial charge in [0.1, 0.15) is 11.4 Å². The Balaban J connectivity index is 1.85. The molecule has 1 aliphatic heterocycles. The molecule has 0 radical (unpaired) electrons. The molecule has 2 aromatic heterocycles. The first-order valence-electron chi connectivity index (χ1n) is 10.2. The Kier molecular flexibility index (Phi) is 5.86. The van der Waals surface area contributed by atoms with Gasteiger partial charge in [-0.25, -0.2) is 19.7 Å². The van der Waals surface area contributed by atoms with Crippen LogP contribution in [0.4, 0.5) is 9.93 Å². The van der Waals surface area contributed by atoms with Crippen LogP contribution in [-0.2, 0) is 10.2 Å². The van der Waals surface area contributed by atoms with Gasteiger partial charge in [0, 0.05) is 18.2 Å². The Morgan fingerprint density at radius 1 is 1.33 bits per heavy atom. The van der Waals surface area contributed by atoms with Crippen molar-refractivity contribution in [1.82, 2.24) is 19.9 Å². The topological polar surface area (TPSA) is 114 Å². The van der Waals surface area contributed by atoms with Crippen LogP contribution in [0.1, 0.15) is 59.0 Å². The summed E-state index contributed by atoms with van der Waals surface area (Å²) in [6.45, 7) is 12.7. The van der Waals surface area contributed by atoms with E-state index in [2.05, 4.69) is 43.0 Å². The van der Waals surface area contributed by atoms with E-state index >= 15 is 0 Å². The Morgan fingerprint density at radius 2 is 2.03 bits per heavy atom.